The van der Waals surface area contributed by atoms with E-state index in [9.17, 15) is 5.11 Å². The number of halogens is 1. The van der Waals surface area contributed by atoms with Crippen LogP contribution in [0.4, 0.5) is 0 Å². The first-order valence-corrected chi connectivity index (χ1v) is 10.0. The van der Waals surface area contributed by atoms with Crippen molar-refractivity contribution in [1.82, 2.24) is 15.3 Å². The van der Waals surface area contributed by atoms with Gasteiger partial charge in [0, 0.05) is 61.3 Å². The van der Waals surface area contributed by atoms with Crippen LogP contribution in [0.2, 0.25) is 5.02 Å². The van der Waals surface area contributed by atoms with Gasteiger partial charge in [-0.3, -0.25) is 9.98 Å². The molecule has 4 N–H and O–H groups in total. The topological polar surface area (TPSA) is 86.8 Å². The molecular weight excluding hydrogens is 362 g/mol. The lowest BCUT2D eigenvalue weighted by Gasteiger charge is -2.23. The highest BCUT2D eigenvalue weighted by atomic mass is 35.5. The molecule has 1 aliphatic carbocycles. The number of fused-ring (bicyclic) bond motifs is 1. The van der Waals surface area contributed by atoms with Crippen molar-refractivity contribution < 1.29 is 5.11 Å². The molecule has 0 radical (unpaired) electrons. The number of aliphatic imine (C=N–C) groups is 1. The van der Waals surface area contributed by atoms with Gasteiger partial charge in [-0.25, -0.2) is 5.84 Å². The molecule has 1 aliphatic rings. The van der Waals surface area contributed by atoms with Gasteiger partial charge in [0.05, 0.1) is 0 Å². The third-order valence-electron chi connectivity index (χ3n) is 4.97. The molecule has 0 saturated carbocycles. The molecule has 0 fully saturated rings. The summed E-state index contributed by atoms with van der Waals surface area (Å²) in [4.78, 5) is 9.08. The lowest BCUT2D eigenvalue weighted by atomic mass is 9.96. The molecule has 6 nitrogen and oxygen atoms in total. The maximum atomic E-state index is 9.35. The Morgan fingerprint density at radius 2 is 2.33 bits per heavy atom. The van der Waals surface area contributed by atoms with E-state index in [0.717, 1.165) is 59.8 Å². The van der Waals surface area contributed by atoms with Crippen molar-refractivity contribution in [3.05, 3.63) is 40.3 Å². The molecule has 1 heterocycles. The average molecular weight is 394 g/mol. The van der Waals surface area contributed by atoms with Gasteiger partial charge in [0.25, 0.3) is 0 Å². The number of nitrogens with two attached hydrogens (primary N) is 1. The standard InChI is InChI=1S/C20H32ClN5O/c1-4-5-16(9-11-27)25-20(23-2)15(13-26(3)22)12-14-6-7-17-18(21)8-10-24-19(14)17/h8,10,13-14,16,27H,4-7,9,11-12,22H2,1-3H3,(H,23,25)/b15-13-/t14-,16+/m1/s1. The summed E-state index contributed by atoms with van der Waals surface area (Å²) >= 11 is 6.34. The van der Waals surface area contributed by atoms with Crippen molar-refractivity contribution in [2.24, 2.45) is 10.8 Å². The number of aliphatic hydroxyl groups excluding tert-OH is 1. The van der Waals surface area contributed by atoms with E-state index in [-0.39, 0.29) is 12.6 Å². The molecule has 0 amide bonds. The largest absolute Gasteiger partial charge is 0.396 e. The van der Waals surface area contributed by atoms with Gasteiger partial charge >= 0.3 is 0 Å². The van der Waals surface area contributed by atoms with Crippen LogP contribution in [0.3, 0.4) is 0 Å². The summed E-state index contributed by atoms with van der Waals surface area (Å²) in [6, 6.07) is 2.05. The number of pyridine rings is 1. The van der Waals surface area contributed by atoms with Crippen molar-refractivity contribution in [2.75, 3.05) is 20.7 Å². The summed E-state index contributed by atoms with van der Waals surface area (Å²) in [7, 11) is 3.59. The molecule has 150 valence electrons. The zero-order valence-corrected chi connectivity index (χ0v) is 17.3. The van der Waals surface area contributed by atoms with E-state index in [2.05, 4.69) is 22.2 Å². The number of hydrogen-bond acceptors (Lipinski definition) is 5. The van der Waals surface area contributed by atoms with Gasteiger partial charge in [-0.2, -0.15) is 0 Å². The van der Waals surface area contributed by atoms with Crippen molar-refractivity contribution >= 4 is 17.4 Å². The van der Waals surface area contributed by atoms with Gasteiger partial charge in [-0.05, 0) is 43.7 Å². The van der Waals surface area contributed by atoms with Gasteiger partial charge in [0.2, 0.25) is 0 Å². The minimum Gasteiger partial charge on any atom is -0.396 e. The molecule has 0 aromatic carbocycles. The Morgan fingerprint density at radius 1 is 1.56 bits per heavy atom. The first-order chi connectivity index (χ1) is 13.0. The van der Waals surface area contributed by atoms with Crippen molar-refractivity contribution in [2.45, 2.75) is 57.4 Å². The van der Waals surface area contributed by atoms with Crippen molar-refractivity contribution in [3.63, 3.8) is 0 Å². The van der Waals surface area contributed by atoms with E-state index in [0.29, 0.717) is 12.3 Å². The number of hydrogen-bond donors (Lipinski definition) is 3. The fourth-order valence-corrected chi connectivity index (χ4v) is 3.99. The molecule has 7 heteroatoms. The molecule has 1 aromatic heterocycles. The van der Waals surface area contributed by atoms with Crippen LogP contribution >= 0.6 is 11.6 Å². The third-order valence-corrected chi connectivity index (χ3v) is 5.32. The van der Waals surface area contributed by atoms with Crippen LogP contribution in [0.5, 0.6) is 0 Å². The lowest BCUT2D eigenvalue weighted by molar-refractivity contribution is 0.267. The van der Waals surface area contributed by atoms with Gasteiger partial charge in [0.15, 0.2) is 0 Å². The highest BCUT2D eigenvalue weighted by Crippen LogP contribution is 2.39. The van der Waals surface area contributed by atoms with E-state index in [1.165, 1.54) is 0 Å². The Hall–Kier alpha value is -1.63. The fraction of sp³-hybridized carbons (Fsp3) is 0.600. The smallest absolute Gasteiger partial charge is 0.125 e. The van der Waals surface area contributed by atoms with Gasteiger partial charge in [-0.15, -0.1) is 0 Å². The normalized spacial score (nSPS) is 18.4. The zero-order valence-electron chi connectivity index (χ0n) is 16.6. The first kappa shape index (κ1) is 21.7. The second-order valence-corrected chi connectivity index (χ2v) is 7.54. The Kier molecular flexibility index (Phi) is 8.54. The molecule has 0 unspecified atom stereocenters. The second kappa shape index (κ2) is 10.6. The molecule has 1 aromatic rings. The number of aliphatic hydroxyl groups is 1. The van der Waals surface area contributed by atoms with Gasteiger partial charge in [-0.1, -0.05) is 24.9 Å². The van der Waals surface area contributed by atoms with Crippen LogP contribution in [-0.4, -0.2) is 47.7 Å². The molecule has 27 heavy (non-hydrogen) atoms. The third kappa shape index (κ3) is 5.92. The molecule has 2 atom stereocenters. The Morgan fingerprint density at radius 3 is 2.96 bits per heavy atom. The average Bonchev–Trinajstić information content (AvgIpc) is 3.03. The molecule has 0 aliphatic heterocycles. The number of nitrogens with one attached hydrogen (secondary N) is 1. The van der Waals surface area contributed by atoms with E-state index >= 15 is 0 Å². The minimum atomic E-state index is 0.156. The first-order valence-electron chi connectivity index (χ1n) is 9.66. The predicted octanol–water partition coefficient (Wildman–Crippen LogP) is 3.01. The number of rotatable bonds is 9. The minimum absolute atomic E-state index is 0.156. The molecule has 0 bridgehead atoms. The summed E-state index contributed by atoms with van der Waals surface area (Å²) in [5, 5.41) is 15.2. The highest BCUT2D eigenvalue weighted by molar-refractivity contribution is 6.31. The summed E-state index contributed by atoms with van der Waals surface area (Å²) in [5.74, 6) is 7.05. The van der Waals surface area contributed by atoms with E-state index in [1.54, 1.807) is 18.3 Å². The molecule has 0 saturated heterocycles. The van der Waals surface area contributed by atoms with Crippen LogP contribution in [0, 0.1) is 0 Å². The molecule has 0 spiro atoms. The monoisotopic (exact) mass is 393 g/mol. The quantitative estimate of drug-likeness (QED) is 0.260. The maximum Gasteiger partial charge on any atom is 0.125 e. The number of aromatic nitrogens is 1. The SMILES string of the molecule is CCC[C@@H](CCO)NC(=N/C)/C(=C\N(C)N)C[C@H]1CCc2c(Cl)ccnc21. The maximum absolute atomic E-state index is 9.35. The van der Waals surface area contributed by atoms with Gasteiger partial charge in [0.1, 0.15) is 5.84 Å². The Labute approximate surface area is 167 Å². The van der Waals surface area contributed by atoms with Crippen LogP contribution < -0.4 is 11.2 Å². The number of amidine groups is 1. The van der Waals surface area contributed by atoms with E-state index in [4.69, 9.17) is 17.4 Å². The van der Waals surface area contributed by atoms with Crippen LogP contribution in [0.1, 0.15) is 56.2 Å². The Balaban J connectivity index is 2.22. The van der Waals surface area contributed by atoms with Gasteiger partial charge < -0.3 is 15.4 Å². The van der Waals surface area contributed by atoms with Crippen molar-refractivity contribution in [3.8, 4) is 0 Å². The summed E-state index contributed by atoms with van der Waals surface area (Å²) in [5.41, 5.74) is 3.29. The predicted molar refractivity (Wildman–Crippen MR) is 112 cm³/mol. The van der Waals surface area contributed by atoms with Crippen LogP contribution in [0.25, 0.3) is 0 Å². The van der Waals surface area contributed by atoms with Crippen molar-refractivity contribution in [1.29, 1.82) is 0 Å². The summed E-state index contributed by atoms with van der Waals surface area (Å²) in [6.45, 7) is 2.30. The Bertz CT molecular complexity index is 668. The van der Waals surface area contributed by atoms with Crippen LogP contribution in [-0.2, 0) is 6.42 Å². The zero-order chi connectivity index (χ0) is 19.8. The van der Waals surface area contributed by atoms with E-state index in [1.807, 2.05) is 19.3 Å². The highest BCUT2D eigenvalue weighted by Gasteiger charge is 2.28. The fourth-order valence-electron chi connectivity index (χ4n) is 3.75. The van der Waals surface area contributed by atoms with Crippen LogP contribution in [0.15, 0.2) is 29.0 Å². The summed E-state index contributed by atoms with van der Waals surface area (Å²) in [6.07, 6.45) is 9.18. The number of hydrazine groups is 1. The second-order valence-electron chi connectivity index (χ2n) is 7.13. The molecule has 2 rings (SSSR count). The summed E-state index contributed by atoms with van der Waals surface area (Å²) < 4.78 is 0. The van der Waals surface area contributed by atoms with E-state index < -0.39 is 0 Å². The number of nitrogens with zero attached hydrogens (tertiary/aromatic N) is 3. The lowest BCUT2D eigenvalue weighted by Crippen LogP contribution is -2.37. The molecular formula is C20H32ClN5O.